The van der Waals surface area contributed by atoms with Gasteiger partial charge in [-0.05, 0) is 91.8 Å². The van der Waals surface area contributed by atoms with Gasteiger partial charge in [-0.25, -0.2) is 15.0 Å². The van der Waals surface area contributed by atoms with Crippen LogP contribution in [0.3, 0.4) is 0 Å². The Balaban J connectivity index is 1.23. The molecule has 0 saturated heterocycles. The predicted octanol–water partition coefficient (Wildman–Crippen LogP) is 13.1. The molecule has 0 fully saturated rings. The minimum Gasteiger partial charge on any atom is -0.309 e. The van der Waals surface area contributed by atoms with Crippen molar-refractivity contribution in [2.24, 2.45) is 0 Å². The summed E-state index contributed by atoms with van der Waals surface area (Å²) in [4.78, 5) is 13.8. The maximum Gasteiger partial charge on any atom is 0.164 e. The number of rotatable bonds is 5. The largest absolute Gasteiger partial charge is 0.309 e. The lowest BCUT2D eigenvalue weighted by Crippen LogP contribution is -2.00. The Morgan fingerprint density at radius 1 is 0.345 bits per heavy atom. The van der Waals surface area contributed by atoms with E-state index in [1.54, 1.807) is 12.1 Å². The molecular formula is C51H32N4. The van der Waals surface area contributed by atoms with E-state index in [0.29, 0.717) is 5.56 Å². The fraction of sp³-hybridized carbons (Fsp3) is 0. The summed E-state index contributed by atoms with van der Waals surface area (Å²) in [7, 11) is 0. The summed E-state index contributed by atoms with van der Waals surface area (Å²) in [5.74, 6) is -1.20. The molecule has 0 radical (unpaired) electrons. The van der Waals surface area contributed by atoms with E-state index in [2.05, 4.69) is 15.0 Å². The quantitative estimate of drug-likeness (QED) is 0.166. The van der Waals surface area contributed by atoms with Gasteiger partial charge in [-0.3, -0.25) is 0 Å². The normalized spacial score (nSPS) is 17.0. The van der Waals surface area contributed by atoms with Crippen LogP contribution in [0.15, 0.2) is 194 Å². The van der Waals surface area contributed by atoms with Crippen LogP contribution in [0.5, 0.6) is 0 Å². The summed E-state index contributed by atoms with van der Waals surface area (Å²) < 4.78 is 188. The molecular weight excluding hydrogens is 669 g/mol. The monoisotopic (exact) mass is 721 g/mol. The Labute approximate surface area is 347 Å². The van der Waals surface area contributed by atoms with Crippen LogP contribution in [-0.4, -0.2) is 19.5 Å². The van der Waals surface area contributed by atoms with Crippen LogP contribution in [0.4, 0.5) is 0 Å². The Morgan fingerprint density at radius 2 is 0.836 bits per heavy atom. The molecule has 11 rings (SSSR count). The third-order valence-electron chi connectivity index (χ3n) is 9.33. The highest BCUT2D eigenvalue weighted by molar-refractivity contribution is 6.25. The van der Waals surface area contributed by atoms with Crippen molar-refractivity contribution in [2.45, 2.75) is 0 Å². The van der Waals surface area contributed by atoms with Crippen molar-refractivity contribution in [2.75, 3.05) is 0 Å². The van der Waals surface area contributed by atoms with Crippen LogP contribution < -0.4 is 0 Å². The fourth-order valence-corrected chi connectivity index (χ4v) is 6.90. The number of hydrogen-bond acceptors (Lipinski definition) is 3. The highest BCUT2D eigenvalue weighted by Gasteiger charge is 2.17. The molecule has 4 nitrogen and oxygen atoms in total. The second-order valence-corrected chi connectivity index (χ2v) is 12.4. The Hall–Kier alpha value is -7.43. The lowest BCUT2D eigenvalue weighted by Gasteiger charge is -2.13. The molecule has 9 aromatic carbocycles. The van der Waals surface area contributed by atoms with Crippen molar-refractivity contribution < 1.29 is 28.8 Å². The van der Waals surface area contributed by atoms with Crippen molar-refractivity contribution in [3.63, 3.8) is 0 Å². The highest BCUT2D eigenvalue weighted by Crippen LogP contribution is 2.38. The van der Waals surface area contributed by atoms with Crippen molar-refractivity contribution in [1.82, 2.24) is 19.5 Å². The van der Waals surface area contributed by atoms with Gasteiger partial charge >= 0.3 is 0 Å². The van der Waals surface area contributed by atoms with Gasteiger partial charge in [-0.1, -0.05) is 145 Å². The highest BCUT2D eigenvalue weighted by atomic mass is 15.0. The third kappa shape index (κ3) is 5.19. The Bertz CT molecular complexity index is 4380. The first-order valence-electron chi connectivity index (χ1n) is 27.4. The minimum atomic E-state index is -0.912. The van der Waals surface area contributed by atoms with Gasteiger partial charge in [0.2, 0.25) is 0 Å². The maximum atomic E-state index is 9.60. The van der Waals surface area contributed by atoms with Gasteiger partial charge in [-0.2, -0.15) is 0 Å². The average Bonchev–Trinajstić information content (AvgIpc) is 3.78. The molecule has 0 aliphatic rings. The van der Waals surface area contributed by atoms with Gasteiger partial charge < -0.3 is 4.57 Å². The number of aromatic nitrogens is 4. The molecule has 0 bridgehead atoms. The molecule has 0 aliphatic heterocycles. The molecule has 11 aromatic rings. The molecule has 0 spiro atoms. The zero-order chi connectivity index (χ0) is 54.6. The smallest absolute Gasteiger partial charge is 0.164 e. The van der Waals surface area contributed by atoms with Crippen molar-refractivity contribution >= 4 is 54.1 Å². The molecule has 0 saturated carbocycles. The molecule has 0 unspecified atom stereocenters. The summed E-state index contributed by atoms with van der Waals surface area (Å²) in [6.07, 6.45) is 0. The van der Waals surface area contributed by atoms with Gasteiger partial charge in [0.15, 0.2) is 17.5 Å². The van der Waals surface area contributed by atoms with E-state index in [9.17, 15) is 9.60 Å². The molecule has 256 valence electrons. The lowest BCUT2D eigenvalue weighted by molar-refractivity contribution is 1.07. The molecule has 2 aromatic heterocycles. The van der Waals surface area contributed by atoms with E-state index < -0.39 is 188 Å². The third-order valence-corrected chi connectivity index (χ3v) is 9.33. The molecule has 0 amide bonds. The summed E-state index contributed by atoms with van der Waals surface area (Å²) >= 11 is 0. The second kappa shape index (κ2) is 12.6. The first kappa shape index (κ1) is 16.7. The lowest BCUT2D eigenvalue weighted by atomic mass is 9.93. The number of nitrogens with zero attached hydrogens (tertiary/aromatic N) is 4. The number of para-hydroxylation sites is 1. The van der Waals surface area contributed by atoms with Crippen molar-refractivity contribution in [3.8, 4) is 51.0 Å². The Kier molecular flexibility index (Phi) is 3.83. The zero-order valence-corrected chi connectivity index (χ0v) is 28.1. The van der Waals surface area contributed by atoms with Crippen LogP contribution in [0.1, 0.15) is 28.8 Å². The predicted molar refractivity (Wildman–Crippen MR) is 228 cm³/mol. The van der Waals surface area contributed by atoms with Gasteiger partial charge in [0.1, 0.15) is 0 Å². The topological polar surface area (TPSA) is 43.6 Å². The van der Waals surface area contributed by atoms with E-state index in [1.807, 2.05) is 54.6 Å². The van der Waals surface area contributed by atoms with E-state index in [1.165, 1.54) is 0 Å². The summed E-state index contributed by atoms with van der Waals surface area (Å²) in [5.41, 5.74) is -3.86. The van der Waals surface area contributed by atoms with Gasteiger partial charge in [-0.15, -0.1) is 0 Å². The zero-order valence-electron chi connectivity index (χ0n) is 49.1. The second-order valence-electron chi connectivity index (χ2n) is 12.4. The number of fused-ring (bicyclic) bond motifs is 9. The van der Waals surface area contributed by atoms with Crippen molar-refractivity contribution in [1.29, 1.82) is 0 Å². The molecule has 0 atom stereocenters. The van der Waals surface area contributed by atoms with Crippen LogP contribution in [0.25, 0.3) is 105 Å². The van der Waals surface area contributed by atoms with E-state index in [-0.39, 0.29) is 5.82 Å². The van der Waals surface area contributed by atoms with Gasteiger partial charge in [0.25, 0.3) is 0 Å². The van der Waals surface area contributed by atoms with Crippen LogP contribution >= 0.6 is 0 Å². The summed E-state index contributed by atoms with van der Waals surface area (Å²) in [5, 5.41) is 4.38. The number of benzene rings is 9. The standard InChI is InChI=1S/C51H32N4/c1-3-13-33(14-4-1)36-26-30-48-46(31-36)44-21-11-12-22-47(44)55(48)38-27-23-35(24-28-38)50-52-49(34-15-5-2-6-16-34)53-51(54-50)37-25-29-43-41-19-8-7-17-39(41)40-18-9-10-20-42(40)45(43)32-37/h1-32H/i1D,2D,3D,4D,5D,6D,11D,12D,13D,14D,15D,16D,21D,22D,23D,24D,26D,27D,28D,30D,31D. The summed E-state index contributed by atoms with van der Waals surface area (Å²) in [6, 6.07) is 3.88. The number of hydrogen-bond donors (Lipinski definition) is 0. The SMILES string of the molecule is [2H]c1c([2H])c([2H])c(-c2nc(-c3ccc4c5ccccc5c5ccccc5c4c3)nc(-c3c([2H])c([2H])c(-n4c5c([2H])c([2H])c([2H])c([2H])c5c5c([2H])c(-c6c([2H])c([2H])c([2H])c([2H])c6[2H])c([2H])c([2H])c54)c([2H])c3[2H])n2)c([2H])c1[2H]. The van der Waals surface area contributed by atoms with E-state index >= 15 is 0 Å². The first-order chi connectivity index (χ1) is 36.0. The fourth-order valence-electron chi connectivity index (χ4n) is 6.90. The molecule has 55 heavy (non-hydrogen) atoms. The van der Waals surface area contributed by atoms with E-state index in [0.717, 1.165) is 36.9 Å². The van der Waals surface area contributed by atoms with Crippen LogP contribution in [0, 0.1) is 0 Å². The molecule has 0 N–H and O–H groups in total. The van der Waals surface area contributed by atoms with Gasteiger partial charge in [0, 0.05) is 33.2 Å². The average molecular weight is 722 g/mol. The molecule has 4 heteroatoms. The van der Waals surface area contributed by atoms with E-state index in [4.69, 9.17) is 19.2 Å². The summed E-state index contributed by atoms with van der Waals surface area (Å²) in [6.45, 7) is 0. The van der Waals surface area contributed by atoms with Crippen molar-refractivity contribution in [3.05, 3.63) is 194 Å². The maximum absolute atomic E-state index is 9.60. The Morgan fingerprint density at radius 3 is 1.49 bits per heavy atom. The molecule has 2 heterocycles. The van der Waals surface area contributed by atoms with Gasteiger partial charge in [0.05, 0.1) is 39.8 Å². The van der Waals surface area contributed by atoms with Crippen LogP contribution in [-0.2, 0) is 0 Å². The van der Waals surface area contributed by atoms with Crippen LogP contribution in [0.2, 0.25) is 0 Å². The minimum absolute atomic E-state index is 0.162. The molecule has 0 aliphatic carbocycles. The first-order valence-corrected chi connectivity index (χ1v) is 16.9.